The van der Waals surface area contributed by atoms with E-state index < -0.39 is 5.56 Å². The van der Waals surface area contributed by atoms with Gasteiger partial charge in [-0.3, -0.25) is 14.4 Å². The Morgan fingerprint density at radius 3 is 2.76 bits per heavy atom. The number of hydrogen-bond acceptors (Lipinski definition) is 4. The Morgan fingerprint density at radius 2 is 2.12 bits per heavy atom. The molecule has 0 fully saturated rings. The molecule has 2 rings (SSSR count). The van der Waals surface area contributed by atoms with Gasteiger partial charge < -0.3 is 5.11 Å². The van der Waals surface area contributed by atoms with Crippen LogP contribution in [0.5, 0.6) is 5.88 Å². The molecule has 130 valence electrons. The third-order valence-electron chi connectivity index (χ3n) is 3.85. The molecule has 0 radical (unpaired) electrons. The predicted octanol–water partition coefficient (Wildman–Crippen LogP) is 4.59. The Balaban J connectivity index is 2.61. The monoisotopic (exact) mass is 377 g/mol. The lowest BCUT2D eigenvalue weighted by Crippen LogP contribution is -2.25. The first kappa shape index (κ1) is 19.0. The highest BCUT2D eigenvalue weighted by Gasteiger charge is 2.17. The molecule has 0 aliphatic carbocycles. The molecule has 1 N–H and O–H groups in total. The number of rotatable bonds is 5. The zero-order valence-electron chi connectivity index (χ0n) is 13.9. The van der Waals surface area contributed by atoms with Crippen molar-refractivity contribution in [1.82, 2.24) is 4.57 Å². The highest BCUT2D eigenvalue weighted by Crippen LogP contribution is 2.32. The molecule has 0 amide bonds. The van der Waals surface area contributed by atoms with Gasteiger partial charge in [0.25, 0.3) is 5.56 Å². The second-order valence-electron chi connectivity index (χ2n) is 5.49. The maximum Gasteiger partial charge on any atom is 0.271 e. The molecule has 7 heteroatoms. The van der Waals surface area contributed by atoms with Crippen LogP contribution in [0, 0.1) is 18.3 Å². The van der Waals surface area contributed by atoms with E-state index in [1.165, 1.54) is 10.8 Å². The highest BCUT2D eigenvalue weighted by atomic mass is 35.5. The van der Waals surface area contributed by atoms with Gasteiger partial charge in [0.05, 0.1) is 21.3 Å². The number of unbranched alkanes of at least 4 members (excludes halogenated alkanes) is 1. The second kappa shape index (κ2) is 8.19. The molecular weight excluding hydrogens is 361 g/mol. The molecule has 1 aromatic carbocycles. The molecule has 1 aromatic heterocycles. The summed E-state index contributed by atoms with van der Waals surface area (Å²) in [5, 5.41) is 20.5. The number of halogens is 2. The lowest BCUT2D eigenvalue weighted by Gasteiger charge is -2.13. The Hall–Kier alpha value is -2.29. The Labute approximate surface area is 155 Å². The van der Waals surface area contributed by atoms with Crippen molar-refractivity contribution in [2.45, 2.75) is 33.2 Å². The Bertz CT molecular complexity index is 927. The van der Waals surface area contributed by atoms with E-state index >= 15 is 0 Å². The van der Waals surface area contributed by atoms with Gasteiger partial charge in [0.1, 0.15) is 11.6 Å². The highest BCUT2D eigenvalue weighted by molar-refractivity contribution is 6.43. The maximum absolute atomic E-state index is 12.4. The zero-order valence-corrected chi connectivity index (χ0v) is 15.4. The fourth-order valence-corrected chi connectivity index (χ4v) is 2.72. The van der Waals surface area contributed by atoms with Crippen LogP contribution in [0.1, 0.15) is 36.5 Å². The molecule has 0 aliphatic heterocycles. The van der Waals surface area contributed by atoms with Gasteiger partial charge in [-0.05, 0) is 31.0 Å². The number of hydrogen-bond donors (Lipinski definition) is 1. The van der Waals surface area contributed by atoms with Crippen molar-refractivity contribution in [3.8, 4) is 11.9 Å². The van der Waals surface area contributed by atoms with Gasteiger partial charge in [0, 0.05) is 12.8 Å². The minimum atomic E-state index is -0.496. The molecular formula is C18H17Cl2N3O2. The summed E-state index contributed by atoms with van der Waals surface area (Å²) in [4.78, 5) is 16.6. The summed E-state index contributed by atoms with van der Waals surface area (Å²) in [6.45, 7) is 3.91. The van der Waals surface area contributed by atoms with E-state index in [2.05, 4.69) is 4.99 Å². The van der Waals surface area contributed by atoms with Crippen molar-refractivity contribution < 1.29 is 5.11 Å². The minimum absolute atomic E-state index is 0.00690. The van der Waals surface area contributed by atoms with E-state index in [1.54, 1.807) is 25.1 Å². The molecule has 0 aliphatic rings. The van der Waals surface area contributed by atoms with Gasteiger partial charge in [0.2, 0.25) is 5.88 Å². The van der Waals surface area contributed by atoms with Crippen LogP contribution < -0.4 is 5.56 Å². The lowest BCUT2D eigenvalue weighted by atomic mass is 10.1. The predicted molar refractivity (Wildman–Crippen MR) is 100 cm³/mol. The molecule has 0 spiro atoms. The summed E-state index contributed by atoms with van der Waals surface area (Å²) in [5.74, 6) is -0.211. The van der Waals surface area contributed by atoms with Crippen LogP contribution in [0.25, 0.3) is 0 Å². The SMILES string of the molecule is CCCCn1c(O)c(C=Nc2cccc(Cl)c2Cl)c(C)c(C#N)c1=O. The van der Waals surface area contributed by atoms with E-state index in [1.807, 2.05) is 13.0 Å². The summed E-state index contributed by atoms with van der Waals surface area (Å²) in [7, 11) is 0. The van der Waals surface area contributed by atoms with Gasteiger partial charge in [0.15, 0.2) is 0 Å². The molecule has 0 unspecified atom stereocenters. The third-order valence-corrected chi connectivity index (χ3v) is 4.65. The average Bonchev–Trinajstić information content (AvgIpc) is 2.58. The van der Waals surface area contributed by atoms with Crippen molar-refractivity contribution in [2.24, 2.45) is 4.99 Å². The van der Waals surface area contributed by atoms with Crippen molar-refractivity contribution in [3.63, 3.8) is 0 Å². The fraction of sp³-hybridized carbons (Fsp3) is 0.278. The van der Waals surface area contributed by atoms with Crippen LogP contribution in [-0.2, 0) is 6.54 Å². The molecule has 0 saturated carbocycles. The molecule has 0 bridgehead atoms. The number of nitriles is 1. The van der Waals surface area contributed by atoms with E-state index in [9.17, 15) is 15.2 Å². The van der Waals surface area contributed by atoms with Crippen molar-refractivity contribution >= 4 is 35.1 Å². The second-order valence-corrected chi connectivity index (χ2v) is 6.28. The van der Waals surface area contributed by atoms with E-state index in [4.69, 9.17) is 23.2 Å². The van der Waals surface area contributed by atoms with Crippen LogP contribution in [0.3, 0.4) is 0 Å². The van der Waals surface area contributed by atoms with E-state index in [0.717, 1.165) is 6.42 Å². The maximum atomic E-state index is 12.4. The van der Waals surface area contributed by atoms with Gasteiger partial charge in [-0.25, -0.2) is 0 Å². The van der Waals surface area contributed by atoms with E-state index in [0.29, 0.717) is 34.8 Å². The van der Waals surface area contributed by atoms with E-state index in [-0.39, 0.29) is 16.5 Å². The molecule has 25 heavy (non-hydrogen) atoms. The molecule has 2 aromatic rings. The van der Waals surface area contributed by atoms with Crippen LogP contribution in [0.4, 0.5) is 5.69 Å². The Kier molecular flexibility index (Phi) is 6.24. The van der Waals surface area contributed by atoms with Crippen molar-refractivity contribution in [1.29, 1.82) is 5.26 Å². The first-order valence-electron chi connectivity index (χ1n) is 7.76. The van der Waals surface area contributed by atoms with Crippen molar-refractivity contribution in [3.05, 3.63) is 55.3 Å². The normalized spacial score (nSPS) is 11.0. The summed E-state index contributed by atoms with van der Waals surface area (Å²) in [5.41, 5.74) is 0.608. The summed E-state index contributed by atoms with van der Waals surface area (Å²) in [6.07, 6.45) is 2.95. The molecule has 5 nitrogen and oxygen atoms in total. The van der Waals surface area contributed by atoms with Gasteiger partial charge in [-0.1, -0.05) is 42.6 Å². The molecule has 1 heterocycles. The zero-order chi connectivity index (χ0) is 18.6. The molecule has 0 saturated heterocycles. The number of nitrogens with zero attached hydrogens (tertiary/aromatic N) is 3. The van der Waals surface area contributed by atoms with Gasteiger partial charge >= 0.3 is 0 Å². The number of aromatic nitrogens is 1. The fourth-order valence-electron chi connectivity index (χ4n) is 2.38. The largest absolute Gasteiger partial charge is 0.494 e. The molecule has 0 atom stereocenters. The number of pyridine rings is 1. The standard InChI is InChI=1S/C18H17Cl2N3O2/c1-3-4-8-23-17(24)12(9-21)11(2)13(18(23)25)10-22-15-7-5-6-14(19)16(15)20/h5-7,10,25H,3-4,8H2,1-2H3. The van der Waals surface area contributed by atoms with Crippen LogP contribution in [0.2, 0.25) is 10.0 Å². The lowest BCUT2D eigenvalue weighted by molar-refractivity contribution is 0.400. The topological polar surface area (TPSA) is 78.4 Å². The quantitative estimate of drug-likeness (QED) is 0.773. The van der Waals surface area contributed by atoms with Gasteiger partial charge in [-0.15, -0.1) is 0 Å². The van der Waals surface area contributed by atoms with Crippen LogP contribution in [-0.4, -0.2) is 15.9 Å². The smallest absolute Gasteiger partial charge is 0.271 e. The summed E-state index contributed by atoms with van der Waals surface area (Å²) < 4.78 is 1.20. The number of benzene rings is 1. The van der Waals surface area contributed by atoms with Crippen molar-refractivity contribution in [2.75, 3.05) is 0 Å². The first-order chi connectivity index (χ1) is 11.9. The number of aromatic hydroxyl groups is 1. The number of aliphatic imine (C=N–C) groups is 1. The van der Waals surface area contributed by atoms with Crippen LogP contribution in [0.15, 0.2) is 28.0 Å². The minimum Gasteiger partial charge on any atom is -0.494 e. The van der Waals surface area contributed by atoms with Crippen LogP contribution >= 0.6 is 23.2 Å². The average molecular weight is 378 g/mol. The summed E-state index contributed by atoms with van der Waals surface area (Å²) in [6, 6.07) is 6.94. The first-order valence-corrected chi connectivity index (χ1v) is 8.52. The van der Waals surface area contributed by atoms with Gasteiger partial charge in [-0.2, -0.15) is 5.26 Å². The summed E-state index contributed by atoms with van der Waals surface area (Å²) >= 11 is 12.1. The Morgan fingerprint density at radius 1 is 1.40 bits per heavy atom. The third kappa shape index (κ3) is 3.87.